The van der Waals surface area contributed by atoms with Gasteiger partial charge in [-0.25, -0.2) is 9.78 Å². The van der Waals surface area contributed by atoms with Gasteiger partial charge in [-0.05, 0) is 37.0 Å². The molecule has 2 amide bonds. The minimum absolute atomic E-state index is 0.0396. The largest absolute Gasteiger partial charge is 0.381 e. The summed E-state index contributed by atoms with van der Waals surface area (Å²) in [5, 5.41) is 4.27. The molecule has 126 valence electrons. The number of carbonyl (C=O) groups is 1. The number of aromatic amines is 1. The molecular weight excluding hydrogens is 304 g/mol. The number of carbonyl (C=O) groups excluding carboxylic acids is 1. The Kier molecular flexibility index (Phi) is 4.21. The van der Waals surface area contributed by atoms with Crippen molar-refractivity contribution in [3.63, 3.8) is 0 Å². The first kappa shape index (κ1) is 15.2. The molecule has 6 nitrogen and oxygen atoms in total. The van der Waals surface area contributed by atoms with E-state index in [1.54, 1.807) is 6.20 Å². The minimum Gasteiger partial charge on any atom is -0.381 e. The van der Waals surface area contributed by atoms with Crippen molar-refractivity contribution < 1.29 is 9.53 Å². The van der Waals surface area contributed by atoms with Crippen molar-refractivity contribution in [2.24, 2.45) is 0 Å². The van der Waals surface area contributed by atoms with Crippen molar-refractivity contribution in [2.45, 2.75) is 25.3 Å². The number of ether oxygens (including phenoxy) is 1. The van der Waals surface area contributed by atoms with Crippen molar-refractivity contribution >= 4 is 22.6 Å². The van der Waals surface area contributed by atoms with Crippen molar-refractivity contribution in [3.8, 4) is 0 Å². The van der Waals surface area contributed by atoms with E-state index in [9.17, 15) is 4.79 Å². The van der Waals surface area contributed by atoms with Gasteiger partial charge in [0.15, 0.2) is 0 Å². The Labute approximate surface area is 140 Å². The van der Waals surface area contributed by atoms with Crippen LogP contribution in [0.1, 0.15) is 24.8 Å². The summed E-state index contributed by atoms with van der Waals surface area (Å²) >= 11 is 0. The molecule has 0 aromatic carbocycles. The summed E-state index contributed by atoms with van der Waals surface area (Å²) < 4.78 is 5.33. The van der Waals surface area contributed by atoms with E-state index >= 15 is 0 Å². The van der Waals surface area contributed by atoms with Crippen LogP contribution in [0.15, 0.2) is 30.6 Å². The molecule has 4 rings (SSSR count). The standard InChI is InChI=1S/C18H22N4O2/c23-18(21-14-5-10-24-11-6-14)22-8-3-13(4-9-22)16-12-20-17-15(16)2-1-7-19-17/h1-3,7,12,14H,4-6,8-11H2,(H,19,20)(H,21,23). The molecule has 0 radical (unpaired) electrons. The summed E-state index contributed by atoms with van der Waals surface area (Å²) in [4.78, 5) is 21.8. The average molecular weight is 326 g/mol. The van der Waals surface area contributed by atoms with Crippen LogP contribution in [0.4, 0.5) is 4.79 Å². The first-order valence-electron chi connectivity index (χ1n) is 8.56. The molecule has 0 bridgehead atoms. The predicted molar refractivity (Wildman–Crippen MR) is 92.6 cm³/mol. The molecule has 1 saturated heterocycles. The molecule has 2 aromatic heterocycles. The lowest BCUT2D eigenvalue weighted by molar-refractivity contribution is 0.0783. The molecule has 24 heavy (non-hydrogen) atoms. The van der Waals surface area contributed by atoms with Gasteiger partial charge in [-0.1, -0.05) is 6.08 Å². The maximum absolute atomic E-state index is 12.4. The van der Waals surface area contributed by atoms with E-state index in [1.807, 2.05) is 17.2 Å². The quantitative estimate of drug-likeness (QED) is 0.891. The second kappa shape index (κ2) is 6.65. The van der Waals surface area contributed by atoms with Crippen LogP contribution in [0, 0.1) is 0 Å². The fraction of sp³-hybridized carbons (Fsp3) is 0.444. The number of urea groups is 1. The highest BCUT2D eigenvalue weighted by molar-refractivity contribution is 5.91. The van der Waals surface area contributed by atoms with E-state index in [2.05, 4.69) is 27.4 Å². The minimum atomic E-state index is 0.0396. The number of aromatic nitrogens is 2. The maximum atomic E-state index is 12.4. The van der Waals surface area contributed by atoms with Crippen molar-refractivity contribution in [1.29, 1.82) is 0 Å². The highest BCUT2D eigenvalue weighted by Gasteiger charge is 2.22. The Morgan fingerprint density at radius 3 is 3.04 bits per heavy atom. The number of hydrogen-bond donors (Lipinski definition) is 2. The Balaban J connectivity index is 1.42. The molecule has 4 heterocycles. The molecule has 2 aromatic rings. The summed E-state index contributed by atoms with van der Waals surface area (Å²) in [6.45, 7) is 2.87. The van der Waals surface area contributed by atoms with Crippen LogP contribution >= 0.6 is 0 Å². The number of nitrogens with one attached hydrogen (secondary N) is 2. The zero-order valence-electron chi connectivity index (χ0n) is 13.6. The number of nitrogens with zero attached hydrogens (tertiary/aromatic N) is 2. The third-order valence-electron chi connectivity index (χ3n) is 4.84. The molecule has 0 saturated carbocycles. The molecule has 2 N–H and O–H groups in total. The molecular formula is C18H22N4O2. The number of hydrogen-bond acceptors (Lipinski definition) is 3. The second-order valence-corrected chi connectivity index (χ2v) is 6.36. The lowest BCUT2D eigenvalue weighted by atomic mass is 10.00. The highest BCUT2D eigenvalue weighted by atomic mass is 16.5. The zero-order valence-corrected chi connectivity index (χ0v) is 13.6. The van der Waals surface area contributed by atoms with Gasteiger partial charge in [0.2, 0.25) is 0 Å². The van der Waals surface area contributed by atoms with E-state index < -0.39 is 0 Å². The van der Waals surface area contributed by atoms with Gasteiger partial charge in [0.1, 0.15) is 5.65 Å². The Morgan fingerprint density at radius 2 is 2.25 bits per heavy atom. The molecule has 2 aliphatic heterocycles. The van der Waals surface area contributed by atoms with Crippen LogP contribution in [0.2, 0.25) is 0 Å². The van der Waals surface area contributed by atoms with Gasteiger partial charge in [0.05, 0.1) is 0 Å². The normalized spacial score (nSPS) is 19.3. The van der Waals surface area contributed by atoms with E-state index in [1.165, 1.54) is 11.1 Å². The van der Waals surface area contributed by atoms with Gasteiger partial charge < -0.3 is 19.9 Å². The van der Waals surface area contributed by atoms with Crippen LogP contribution in [-0.2, 0) is 4.74 Å². The van der Waals surface area contributed by atoms with Crippen molar-refractivity contribution in [2.75, 3.05) is 26.3 Å². The molecule has 2 aliphatic rings. The summed E-state index contributed by atoms with van der Waals surface area (Å²) in [5.74, 6) is 0. The van der Waals surface area contributed by atoms with E-state index in [4.69, 9.17) is 4.74 Å². The Morgan fingerprint density at radius 1 is 1.38 bits per heavy atom. The van der Waals surface area contributed by atoms with Crippen LogP contribution in [-0.4, -0.2) is 53.2 Å². The van der Waals surface area contributed by atoms with Crippen molar-refractivity contribution in [3.05, 3.63) is 36.2 Å². The first-order valence-corrected chi connectivity index (χ1v) is 8.56. The number of fused-ring (bicyclic) bond motifs is 1. The predicted octanol–water partition coefficient (Wildman–Crippen LogP) is 2.54. The third kappa shape index (κ3) is 3.01. The van der Waals surface area contributed by atoms with Gasteiger partial charge >= 0.3 is 6.03 Å². The van der Waals surface area contributed by atoms with E-state index in [-0.39, 0.29) is 12.1 Å². The topological polar surface area (TPSA) is 70.2 Å². The number of H-pyrrole nitrogens is 1. The molecule has 0 atom stereocenters. The van der Waals surface area contributed by atoms with Gasteiger partial charge in [-0.15, -0.1) is 0 Å². The SMILES string of the molecule is O=C(NC1CCOCC1)N1CC=C(c2c[nH]c3ncccc23)CC1. The number of amides is 2. The van der Waals surface area contributed by atoms with E-state index in [0.29, 0.717) is 6.54 Å². The maximum Gasteiger partial charge on any atom is 0.317 e. The van der Waals surface area contributed by atoms with Gasteiger partial charge in [-0.2, -0.15) is 0 Å². The summed E-state index contributed by atoms with van der Waals surface area (Å²) in [7, 11) is 0. The Bertz CT molecular complexity index is 761. The number of rotatable bonds is 2. The molecule has 0 spiro atoms. The van der Waals surface area contributed by atoms with Crippen LogP contribution in [0.3, 0.4) is 0 Å². The van der Waals surface area contributed by atoms with Crippen LogP contribution < -0.4 is 5.32 Å². The second-order valence-electron chi connectivity index (χ2n) is 6.36. The molecule has 6 heteroatoms. The lowest BCUT2D eigenvalue weighted by Crippen LogP contribution is -2.47. The molecule has 0 unspecified atom stereocenters. The molecule has 1 fully saturated rings. The Hall–Kier alpha value is -2.34. The fourth-order valence-electron chi connectivity index (χ4n) is 3.43. The summed E-state index contributed by atoms with van der Waals surface area (Å²) in [6.07, 6.45) is 8.64. The van der Waals surface area contributed by atoms with Gasteiger partial charge in [0, 0.05) is 55.7 Å². The summed E-state index contributed by atoms with van der Waals surface area (Å²) in [5.41, 5.74) is 3.39. The van der Waals surface area contributed by atoms with Crippen LogP contribution in [0.25, 0.3) is 16.6 Å². The smallest absolute Gasteiger partial charge is 0.317 e. The monoisotopic (exact) mass is 326 g/mol. The number of pyridine rings is 1. The third-order valence-corrected chi connectivity index (χ3v) is 4.84. The van der Waals surface area contributed by atoms with E-state index in [0.717, 1.165) is 50.1 Å². The van der Waals surface area contributed by atoms with Gasteiger partial charge in [-0.3, -0.25) is 0 Å². The van der Waals surface area contributed by atoms with Crippen molar-refractivity contribution in [1.82, 2.24) is 20.2 Å². The average Bonchev–Trinajstić information content (AvgIpc) is 3.07. The highest BCUT2D eigenvalue weighted by Crippen LogP contribution is 2.28. The van der Waals surface area contributed by atoms with Gasteiger partial charge in [0.25, 0.3) is 0 Å². The lowest BCUT2D eigenvalue weighted by Gasteiger charge is -2.30. The molecule has 0 aliphatic carbocycles. The zero-order chi connectivity index (χ0) is 16.4. The fourth-order valence-corrected chi connectivity index (χ4v) is 3.43. The summed E-state index contributed by atoms with van der Waals surface area (Å²) in [6, 6.07) is 4.32. The van der Waals surface area contributed by atoms with Crippen LogP contribution in [0.5, 0.6) is 0 Å². The first-order chi connectivity index (χ1) is 11.8.